The Morgan fingerprint density at radius 1 is 1.53 bits per heavy atom. The van der Waals surface area contributed by atoms with E-state index in [1.165, 1.54) is 0 Å². The van der Waals surface area contributed by atoms with Crippen LogP contribution in [0.4, 0.5) is 11.4 Å². The molecule has 0 aliphatic carbocycles. The Morgan fingerprint density at radius 2 is 2.18 bits per heavy atom. The van der Waals surface area contributed by atoms with E-state index >= 15 is 0 Å². The summed E-state index contributed by atoms with van der Waals surface area (Å²) >= 11 is 6.10. The van der Waals surface area contributed by atoms with E-state index in [-0.39, 0.29) is 5.91 Å². The maximum atomic E-state index is 11.7. The van der Waals surface area contributed by atoms with E-state index in [9.17, 15) is 4.79 Å². The molecule has 1 unspecified atom stereocenters. The van der Waals surface area contributed by atoms with Crippen LogP contribution < -0.4 is 16.0 Å². The fourth-order valence-electron chi connectivity index (χ4n) is 1.48. The van der Waals surface area contributed by atoms with Crippen molar-refractivity contribution in [1.82, 2.24) is 0 Å². The first-order chi connectivity index (χ1) is 7.97. The number of nitrogens with zero attached hydrogens (tertiary/aromatic N) is 1. The molecular formula is C12H18ClN3O. The lowest BCUT2D eigenvalue weighted by atomic mass is 10.2. The Kier molecular flexibility index (Phi) is 4.78. The van der Waals surface area contributed by atoms with Crippen molar-refractivity contribution < 1.29 is 4.79 Å². The van der Waals surface area contributed by atoms with Gasteiger partial charge in [-0.2, -0.15) is 0 Å². The van der Waals surface area contributed by atoms with Crippen molar-refractivity contribution in [2.24, 2.45) is 5.73 Å². The summed E-state index contributed by atoms with van der Waals surface area (Å²) in [6.07, 6.45) is 0.601. The molecule has 0 aromatic heterocycles. The Balaban J connectivity index is 2.99. The smallest absolute Gasteiger partial charge is 0.241 e. The second kappa shape index (κ2) is 5.89. The summed E-state index contributed by atoms with van der Waals surface area (Å²) < 4.78 is 0. The highest BCUT2D eigenvalue weighted by Gasteiger charge is 2.15. The van der Waals surface area contributed by atoms with Crippen molar-refractivity contribution in [2.45, 2.75) is 19.4 Å². The Bertz CT molecular complexity index is 407. The second-order valence-electron chi connectivity index (χ2n) is 4.03. The normalized spacial score (nSPS) is 12.1. The van der Waals surface area contributed by atoms with E-state index in [2.05, 4.69) is 5.32 Å². The molecule has 1 aromatic carbocycles. The second-order valence-corrected chi connectivity index (χ2v) is 4.44. The zero-order chi connectivity index (χ0) is 13.0. The number of para-hydroxylation sites is 1. The molecule has 94 valence electrons. The van der Waals surface area contributed by atoms with Gasteiger partial charge in [0.15, 0.2) is 0 Å². The maximum Gasteiger partial charge on any atom is 0.241 e. The molecule has 1 rings (SSSR count). The van der Waals surface area contributed by atoms with Crippen molar-refractivity contribution in [3.05, 3.63) is 23.2 Å². The van der Waals surface area contributed by atoms with E-state index < -0.39 is 6.04 Å². The summed E-state index contributed by atoms with van der Waals surface area (Å²) in [5.74, 6) is -0.196. The number of nitrogens with two attached hydrogens (primary N) is 1. The van der Waals surface area contributed by atoms with E-state index in [4.69, 9.17) is 17.3 Å². The minimum Gasteiger partial charge on any atom is -0.375 e. The van der Waals surface area contributed by atoms with Gasteiger partial charge in [-0.05, 0) is 18.6 Å². The molecule has 4 nitrogen and oxygen atoms in total. The maximum absolute atomic E-state index is 11.7. The van der Waals surface area contributed by atoms with Crippen LogP contribution in [-0.2, 0) is 4.79 Å². The average Bonchev–Trinajstić information content (AvgIpc) is 2.27. The summed E-state index contributed by atoms with van der Waals surface area (Å²) in [4.78, 5) is 13.6. The standard InChI is InChI=1S/C12H18ClN3O/c1-4-9(14)12(17)15-10-7-5-6-8(13)11(10)16(2)3/h5-7,9H,4,14H2,1-3H3,(H,15,17). The molecule has 0 saturated heterocycles. The number of carbonyl (C=O) groups excluding carboxylic acids is 1. The lowest BCUT2D eigenvalue weighted by Crippen LogP contribution is -2.35. The highest BCUT2D eigenvalue weighted by Crippen LogP contribution is 2.32. The third kappa shape index (κ3) is 3.35. The fourth-order valence-corrected chi connectivity index (χ4v) is 1.83. The predicted molar refractivity (Wildman–Crippen MR) is 72.7 cm³/mol. The molecule has 0 heterocycles. The van der Waals surface area contributed by atoms with Gasteiger partial charge in [-0.1, -0.05) is 24.6 Å². The van der Waals surface area contributed by atoms with Crippen LogP contribution in [0.25, 0.3) is 0 Å². The van der Waals surface area contributed by atoms with Crippen molar-refractivity contribution in [2.75, 3.05) is 24.3 Å². The van der Waals surface area contributed by atoms with Crippen LogP contribution in [0.2, 0.25) is 5.02 Å². The van der Waals surface area contributed by atoms with E-state index in [1.807, 2.05) is 32.0 Å². The molecule has 17 heavy (non-hydrogen) atoms. The molecule has 0 fully saturated rings. The zero-order valence-corrected chi connectivity index (χ0v) is 11.1. The molecule has 0 bridgehead atoms. The molecule has 1 atom stereocenters. The third-order valence-corrected chi connectivity index (χ3v) is 2.77. The Labute approximate surface area is 107 Å². The molecule has 1 aromatic rings. The summed E-state index contributed by atoms with van der Waals surface area (Å²) in [7, 11) is 3.74. The van der Waals surface area contributed by atoms with E-state index in [1.54, 1.807) is 12.1 Å². The minimum atomic E-state index is -0.496. The van der Waals surface area contributed by atoms with Crippen molar-refractivity contribution in [3.8, 4) is 0 Å². The van der Waals surface area contributed by atoms with Crippen molar-refractivity contribution in [1.29, 1.82) is 0 Å². The van der Waals surface area contributed by atoms with Crippen LogP contribution in [0.15, 0.2) is 18.2 Å². The van der Waals surface area contributed by atoms with E-state index in [0.717, 1.165) is 5.69 Å². The van der Waals surface area contributed by atoms with Gasteiger partial charge < -0.3 is 16.0 Å². The molecule has 0 radical (unpaired) electrons. The van der Waals surface area contributed by atoms with Crippen LogP contribution >= 0.6 is 11.6 Å². The number of amides is 1. The first-order valence-electron chi connectivity index (χ1n) is 5.49. The summed E-state index contributed by atoms with van der Waals surface area (Å²) in [5, 5.41) is 3.39. The minimum absolute atomic E-state index is 0.196. The van der Waals surface area contributed by atoms with Crippen LogP contribution in [0, 0.1) is 0 Å². The number of hydrogen-bond donors (Lipinski definition) is 2. The first kappa shape index (κ1) is 13.8. The summed E-state index contributed by atoms with van der Waals surface area (Å²) in [6, 6.07) is 4.89. The number of halogens is 1. The quantitative estimate of drug-likeness (QED) is 0.866. The van der Waals surface area contributed by atoms with Gasteiger partial charge in [0.05, 0.1) is 22.4 Å². The topological polar surface area (TPSA) is 58.4 Å². The molecule has 3 N–H and O–H groups in total. The number of rotatable bonds is 4. The van der Waals surface area contributed by atoms with Gasteiger partial charge in [0.1, 0.15) is 0 Å². The fraction of sp³-hybridized carbons (Fsp3) is 0.417. The Hall–Kier alpha value is -1.26. The lowest BCUT2D eigenvalue weighted by Gasteiger charge is -2.20. The molecule has 5 heteroatoms. The third-order valence-electron chi connectivity index (χ3n) is 2.47. The summed E-state index contributed by atoms with van der Waals surface area (Å²) in [6.45, 7) is 1.87. The molecule has 0 spiro atoms. The number of nitrogens with one attached hydrogen (secondary N) is 1. The van der Waals surface area contributed by atoms with Gasteiger partial charge in [0.25, 0.3) is 0 Å². The van der Waals surface area contributed by atoms with Gasteiger partial charge in [-0.25, -0.2) is 0 Å². The highest BCUT2D eigenvalue weighted by atomic mass is 35.5. The molecule has 1 amide bonds. The number of carbonyl (C=O) groups is 1. The molecular weight excluding hydrogens is 238 g/mol. The monoisotopic (exact) mass is 255 g/mol. The molecule has 0 aliphatic rings. The average molecular weight is 256 g/mol. The SMILES string of the molecule is CCC(N)C(=O)Nc1cccc(Cl)c1N(C)C. The largest absolute Gasteiger partial charge is 0.375 e. The summed E-state index contributed by atoms with van der Waals surface area (Å²) in [5.41, 5.74) is 7.13. The highest BCUT2D eigenvalue weighted by molar-refractivity contribution is 6.34. The van der Waals surface area contributed by atoms with Crippen molar-refractivity contribution in [3.63, 3.8) is 0 Å². The van der Waals surface area contributed by atoms with E-state index in [0.29, 0.717) is 17.1 Å². The number of hydrogen-bond acceptors (Lipinski definition) is 3. The number of anilines is 2. The molecule has 0 aliphatic heterocycles. The van der Waals surface area contributed by atoms with Gasteiger partial charge >= 0.3 is 0 Å². The van der Waals surface area contributed by atoms with Gasteiger partial charge in [-0.15, -0.1) is 0 Å². The predicted octanol–water partition coefficient (Wildman–Crippen LogP) is 2.08. The Morgan fingerprint density at radius 3 is 2.71 bits per heavy atom. The van der Waals surface area contributed by atoms with Gasteiger partial charge in [0.2, 0.25) is 5.91 Å². The van der Waals surface area contributed by atoms with Crippen LogP contribution in [0.3, 0.4) is 0 Å². The van der Waals surface area contributed by atoms with Gasteiger partial charge in [0, 0.05) is 14.1 Å². The zero-order valence-electron chi connectivity index (χ0n) is 10.3. The van der Waals surface area contributed by atoms with Crippen LogP contribution in [0.1, 0.15) is 13.3 Å². The number of benzene rings is 1. The van der Waals surface area contributed by atoms with Crippen molar-refractivity contribution >= 4 is 28.9 Å². The van der Waals surface area contributed by atoms with Crippen LogP contribution in [-0.4, -0.2) is 26.0 Å². The van der Waals surface area contributed by atoms with Gasteiger partial charge in [-0.3, -0.25) is 4.79 Å². The molecule has 0 saturated carbocycles. The lowest BCUT2D eigenvalue weighted by molar-refractivity contribution is -0.117. The first-order valence-corrected chi connectivity index (χ1v) is 5.87. The van der Waals surface area contributed by atoms with Crippen LogP contribution in [0.5, 0.6) is 0 Å².